The van der Waals surface area contributed by atoms with Gasteiger partial charge in [0, 0.05) is 18.1 Å². The zero-order valence-electron chi connectivity index (χ0n) is 20.2. The van der Waals surface area contributed by atoms with Crippen LogP contribution in [0.1, 0.15) is 37.8 Å². The fourth-order valence-electron chi connectivity index (χ4n) is 3.38. The summed E-state index contributed by atoms with van der Waals surface area (Å²) in [7, 11) is -4.16. The summed E-state index contributed by atoms with van der Waals surface area (Å²) in [6.07, 6.45) is -2.34. The highest BCUT2D eigenvalue weighted by Crippen LogP contribution is 2.32. The Morgan fingerprint density at radius 1 is 1.11 bits per heavy atom. The van der Waals surface area contributed by atoms with Crippen LogP contribution in [-0.2, 0) is 32.3 Å². The van der Waals surface area contributed by atoms with Crippen LogP contribution in [0.4, 0.5) is 18.9 Å². The average molecular weight is 548 g/mol. The van der Waals surface area contributed by atoms with Crippen LogP contribution < -0.4 is 9.62 Å². The molecule has 2 aromatic rings. The number of nitrogens with zero attached hydrogens (tertiary/aromatic N) is 2. The third-order valence-corrected chi connectivity index (χ3v) is 6.95. The number of unbranched alkanes of at least 4 members (excludes halogenated alkanes) is 1. The van der Waals surface area contributed by atoms with Gasteiger partial charge in [0.05, 0.1) is 17.5 Å². The van der Waals surface area contributed by atoms with E-state index in [1.54, 1.807) is 24.3 Å². The summed E-state index contributed by atoms with van der Waals surface area (Å²) >= 11 is 6.24. The van der Waals surface area contributed by atoms with E-state index in [1.165, 1.54) is 13.0 Å². The van der Waals surface area contributed by atoms with Crippen LogP contribution in [-0.4, -0.2) is 50.5 Å². The summed E-state index contributed by atoms with van der Waals surface area (Å²) in [5.41, 5.74) is -0.859. The Labute approximate surface area is 214 Å². The molecule has 36 heavy (non-hydrogen) atoms. The molecule has 0 heterocycles. The average Bonchev–Trinajstić information content (AvgIpc) is 2.80. The molecule has 0 radical (unpaired) electrons. The van der Waals surface area contributed by atoms with Crippen LogP contribution in [0.3, 0.4) is 0 Å². The van der Waals surface area contributed by atoms with Gasteiger partial charge in [-0.1, -0.05) is 49.2 Å². The SMILES string of the molecule is CCCCNC(=O)[C@@H](C)N(Cc1ccccc1Cl)C(=O)CN(c1cccc(C(F)(F)F)c1)S(C)(=O)=O. The Hall–Kier alpha value is -2.79. The maximum Gasteiger partial charge on any atom is 0.416 e. The van der Waals surface area contributed by atoms with E-state index in [9.17, 15) is 31.2 Å². The summed E-state index contributed by atoms with van der Waals surface area (Å²) in [5, 5.41) is 3.08. The summed E-state index contributed by atoms with van der Waals surface area (Å²) in [4.78, 5) is 27.3. The number of amides is 2. The molecule has 0 saturated carbocycles. The minimum atomic E-state index is -4.70. The lowest BCUT2D eigenvalue weighted by Gasteiger charge is -2.31. The summed E-state index contributed by atoms with van der Waals surface area (Å²) in [5.74, 6) is -1.23. The molecule has 198 valence electrons. The number of nitrogens with one attached hydrogen (secondary N) is 1. The van der Waals surface area contributed by atoms with E-state index in [0.717, 1.165) is 36.1 Å². The maximum atomic E-state index is 13.4. The number of carbonyl (C=O) groups is 2. The van der Waals surface area contributed by atoms with Gasteiger partial charge in [-0.05, 0) is 43.2 Å². The van der Waals surface area contributed by atoms with Crippen LogP contribution in [0.15, 0.2) is 48.5 Å². The predicted molar refractivity (Wildman–Crippen MR) is 133 cm³/mol. The third-order valence-electron chi connectivity index (χ3n) is 5.44. The van der Waals surface area contributed by atoms with E-state index in [1.807, 2.05) is 6.92 Å². The second kappa shape index (κ2) is 12.4. The van der Waals surface area contributed by atoms with Gasteiger partial charge < -0.3 is 10.2 Å². The molecule has 7 nitrogen and oxygen atoms in total. The summed E-state index contributed by atoms with van der Waals surface area (Å²) in [6.45, 7) is 2.92. The van der Waals surface area contributed by atoms with Crippen LogP contribution >= 0.6 is 11.6 Å². The van der Waals surface area contributed by atoms with Crippen molar-refractivity contribution in [3.8, 4) is 0 Å². The molecule has 0 aliphatic rings. The molecule has 0 aliphatic carbocycles. The molecule has 2 aromatic carbocycles. The lowest BCUT2D eigenvalue weighted by Crippen LogP contribution is -2.51. The lowest BCUT2D eigenvalue weighted by molar-refractivity contribution is -0.139. The van der Waals surface area contributed by atoms with Crippen molar-refractivity contribution in [2.24, 2.45) is 0 Å². The minimum Gasteiger partial charge on any atom is -0.354 e. The molecule has 0 unspecified atom stereocenters. The van der Waals surface area contributed by atoms with Crippen molar-refractivity contribution in [3.63, 3.8) is 0 Å². The van der Waals surface area contributed by atoms with Crippen LogP contribution in [0.5, 0.6) is 0 Å². The second-order valence-electron chi connectivity index (χ2n) is 8.25. The zero-order valence-corrected chi connectivity index (χ0v) is 21.8. The van der Waals surface area contributed by atoms with Crippen LogP contribution in [0.25, 0.3) is 0 Å². The normalized spacial score (nSPS) is 12.6. The Morgan fingerprint density at radius 3 is 2.36 bits per heavy atom. The molecule has 0 fully saturated rings. The monoisotopic (exact) mass is 547 g/mol. The third kappa shape index (κ3) is 8.12. The van der Waals surface area contributed by atoms with E-state index in [2.05, 4.69) is 5.32 Å². The largest absolute Gasteiger partial charge is 0.416 e. The van der Waals surface area contributed by atoms with E-state index in [-0.39, 0.29) is 12.2 Å². The molecule has 12 heteroatoms. The van der Waals surface area contributed by atoms with Gasteiger partial charge in [0.2, 0.25) is 21.8 Å². The molecule has 2 amide bonds. The van der Waals surface area contributed by atoms with Gasteiger partial charge in [0.15, 0.2) is 0 Å². The molecule has 0 spiro atoms. The summed E-state index contributed by atoms with van der Waals surface area (Å²) in [6, 6.07) is 9.34. The molecule has 1 atom stereocenters. The van der Waals surface area contributed by atoms with Crippen molar-refractivity contribution in [2.75, 3.05) is 23.7 Å². The highest BCUT2D eigenvalue weighted by molar-refractivity contribution is 7.92. The Kier molecular flexibility index (Phi) is 10.2. The number of hydrogen-bond donors (Lipinski definition) is 1. The smallest absolute Gasteiger partial charge is 0.354 e. The minimum absolute atomic E-state index is 0.110. The quantitative estimate of drug-likeness (QED) is 0.421. The van der Waals surface area contributed by atoms with Crippen molar-refractivity contribution in [1.29, 1.82) is 0 Å². The number of anilines is 1. The standard InChI is InChI=1S/C24H29ClF3N3O4S/c1-4-5-13-29-23(33)17(2)30(15-18-9-6-7-12-21(18)25)22(32)16-31(36(3,34)35)20-11-8-10-19(14-20)24(26,27)28/h6-12,14,17H,4-5,13,15-16H2,1-3H3,(H,29,33)/t17-/m1/s1. The predicted octanol–water partition coefficient (Wildman–Crippen LogP) is 4.46. The number of halogens is 4. The van der Waals surface area contributed by atoms with Crippen molar-refractivity contribution >= 4 is 39.1 Å². The number of alkyl halides is 3. The number of benzene rings is 2. The first-order chi connectivity index (χ1) is 16.8. The van der Waals surface area contributed by atoms with Gasteiger partial charge in [-0.3, -0.25) is 13.9 Å². The second-order valence-corrected chi connectivity index (χ2v) is 10.6. The van der Waals surface area contributed by atoms with Crippen LogP contribution in [0, 0.1) is 0 Å². The van der Waals surface area contributed by atoms with E-state index >= 15 is 0 Å². The van der Waals surface area contributed by atoms with Crippen molar-refractivity contribution in [3.05, 3.63) is 64.7 Å². The van der Waals surface area contributed by atoms with Gasteiger partial charge in [-0.15, -0.1) is 0 Å². The highest BCUT2D eigenvalue weighted by atomic mass is 35.5. The van der Waals surface area contributed by atoms with Crippen molar-refractivity contribution in [1.82, 2.24) is 10.2 Å². The van der Waals surface area contributed by atoms with Gasteiger partial charge in [0.1, 0.15) is 12.6 Å². The molecular weight excluding hydrogens is 519 g/mol. The molecule has 0 saturated heterocycles. The maximum absolute atomic E-state index is 13.4. The Balaban J connectivity index is 2.42. The molecule has 1 N–H and O–H groups in total. The number of hydrogen-bond acceptors (Lipinski definition) is 4. The fraction of sp³-hybridized carbons (Fsp3) is 0.417. The molecule has 0 aliphatic heterocycles. The van der Waals surface area contributed by atoms with Gasteiger partial charge in [0.25, 0.3) is 0 Å². The van der Waals surface area contributed by atoms with E-state index < -0.39 is 46.2 Å². The van der Waals surface area contributed by atoms with Gasteiger partial charge in [-0.2, -0.15) is 13.2 Å². The Bertz CT molecular complexity index is 1180. The first kappa shape index (κ1) is 29.4. The molecule has 2 rings (SSSR count). The van der Waals surface area contributed by atoms with Crippen LogP contribution in [0.2, 0.25) is 5.02 Å². The highest BCUT2D eigenvalue weighted by Gasteiger charge is 2.33. The van der Waals surface area contributed by atoms with Gasteiger partial charge in [-0.25, -0.2) is 8.42 Å². The summed E-state index contributed by atoms with van der Waals surface area (Å²) < 4.78 is 65.3. The molecule has 0 bridgehead atoms. The first-order valence-corrected chi connectivity index (χ1v) is 13.4. The van der Waals surface area contributed by atoms with Crippen molar-refractivity contribution < 1.29 is 31.2 Å². The van der Waals surface area contributed by atoms with E-state index in [4.69, 9.17) is 11.6 Å². The molecular formula is C24H29ClF3N3O4S. The number of sulfonamides is 1. The zero-order chi connectivity index (χ0) is 27.1. The van der Waals surface area contributed by atoms with Crippen molar-refractivity contribution in [2.45, 2.75) is 45.5 Å². The van der Waals surface area contributed by atoms with E-state index in [0.29, 0.717) is 27.5 Å². The first-order valence-electron chi connectivity index (χ1n) is 11.2. The molecule has 0 aromatic heterocycles. The number of carbonyl (C=O) groups excluding carboxylic acids is 2. The van der Waals surface area contributed by atoms with Gasteiger partial charge >= 0.3 is 6.18 Å². The number of rotatable bonds is 11. The fourth-order valence-corrected chi connectivity index (χ4v) is 4.42. The Morgan fingerprint density at radius 2 is 1.78 bits per heavy atom. The lowest BCUT2D eigenvalue weighted by atomic mass is 10.1. The topological polar surface area (TPSA) is 86.8 Å².